The number of carbonyl (C=O) groups excluding carboxylic acids is 1. The second-order valence-electron chi connectivity index (χ2n) is 4.87. The van der Waals surface area contributed by atoms with Crippen molar-refractivity contribution in [1.82, 2.24) is 0 Å². The largest absolute Gasteiger partial charge is 0.272 e. The molecule has 0 radical (unpaired) electrons. The summed E-state index contributed by atoms with van der Waals surface area (Å²) in [5.74, 6) is 0.136. The Morgan fingerprint density at radius 2 is 1.94 bits per heavy atom. The summed E-state index contributed by atoms with van der Waals surface area (Å²) < 4.78 is 0. The molecule has 18 heavy (non-hydrogen) atoms. The monoisotopic (exact) mass is 262 g/mol. The van der Waals surface area contributed by atoms with Gasteiger partial charge in [0.2, 0.25) is 0 Å². The molecule has 1 aliphatic heterocycles. The van der Waals surface area contributed by atoms with E-state index in [9.17, 15) is 4.79 Å². The number of fused-ring (bicyclic) bond motifs is 1. The van der Waals surface area contributed by atoms with Crippen molar-refractivity contribution in [3.05, 3.63) is 29.3 Å². The molecule has 3 nitrogen and oxygen atoms in total. The molecule has 0 N–H and O–H groups in total. The highest BCUT2D eigenvalue weighted by Gasteiger charge is 2.36. The Morgan fingerprint density at radius 1 is 1.17 bits per heavy atom. The van der Waals surface area contributed by atoms with Gasteiger partial charge in [-0.05, 0) is 43.5 Å². The summed E-state index contributed by atoms with van der Waals surface area (Å²) in [5, 5.41) is 6.73. The molecule has 94 valence electrons. The van der Waals surface area contributed by atoms with Crippen LogP contribution in [0.5, 0.6) is 0 Å². The number of nitrogens with zero attached hydrogens (tertiary/aromatic N) is 2. The summed E-state index contributed by atoms with van der Waals surface area (Å²) in [4.78, 5) is 12.4. The van der Waals surface area contributed by atoms with Crippen molar-refractivity contribution in [2.75, 3.05) is 5.01 Å². The normalized spacial score (nSPS) is 23.6. The van der Waals surface area contributed by atoms with E-state index in [4.69, 9.17) is 11.6 Å². The second kappa shape index (κ2) is 4.73. The molecule has 0 aromatic heterocycles. The molecule has 1 unspecified atom stereocenters. The zero-order valence-electron chi connectivity index (χ0n) is 10.1. The zero-order chi connectivity index (χ0) is 12.5. The van der Waals surface area contributed by atoms with Crippen LogP contribution in [0.2, 0.25) is 5.02 Å². The number of benzene rings is 1. The zero-order valence-corrected chi connectivity index (χ0v) is 10.9. The van der Waals surface area contributed by atoms with Crippen LogP contribution < -0.4 is 5.01 Å². The van der Waals surface area contributed by atoms with Gasteiger partial charge in [-0.25, -0.2) is 5.01 Å². The van der Waals surface area contributed by atoms with Crippen molar-refractivity contribution >= 4 is 28.9 Å². The number of halogens is 1. The highest BCUT2D eigenvalue weighted by atomic mass is 35.5. The summed E-state index contributed by atoms with van der Waals surface area (Å²) >= 11 is 5.86. The van der Waals surface area contributed by atoms with Crippen molar-refractivity contribution in [2.24, 2.45) is 11.0 Å². The molecule has 1 aromatic rings. The summed E-state index contributed by atoms with van der Waals surface area (Å²) in [7, 11) is 0. The first-order valence-corrected chi connectivity index (χ1v) is 6.80. The molecule has 4 heteroatoms. The van der Waals surface area contributed by atoms with Crippen LogP contribution >= 0.6 is 11.6 Å². The van der Waals surface area contributed by atoms with E-state index in [1.165, 1.54) is 6.42 Å². The van der Waals surface area contributed by atoms with Crippen molar-refractivity contribution in [3.8, 4) is 0 Å². The number of rotatable bonds is 1. The standard InChI is InChI=1S/C14H15ClN2O/c15-10-6-8-11(9-7-10)17-14(18)12-4-2-1-3-5-13(12)16-17/h6-9,12H,1-5H2. The van der Waals surface area contributed by atoms with E-state index in [0.29, 0.717) is 5.02 Å². The first-order chi connectivity index (χ1) is 8.75. The Labute approximate surface area is 111 Å². The fraction of sp³-hybridized carbons (Fsp3) is 0.429. The molecule has 1 amide bonds. The second-order valence-corrected chi connectivity index (χ2v) is 5.31. The number of hydrazone groups is 1. The predicted molar refractivity (Wildman–Crippen MR) is 72.9 cm³/mol. The molecule has 1 atom stereocenters. The van der Waals surface area contributed by atoms with Gasteiger partial charge in [-0.15, -0.1) is 0 Å². The van der Waals surface area contributed by atoms with E-state index < -0.39 is 0 Å². The first-order valence-electron chi connectivity index (χ1n) is 6.42. The van der Waals surface area contributed by atoms with Crippen molar-refractivity contribution < 1.29 is 4.79 Å². The lowest BCUT2D eigenvalue weighted by molar-refractivity contribution is -0.119. The van der Waals surface area contributed by atoms with E-state index in [1.54, 1.807) is 17.1 Å². The van der Waals surface area contributed by atoms with E-state index in [2.05, 4.69) is 5.10 Å². The van der Waals surface area contributed by atoms with Crippen LogP contribution in [0.1, 0.15) is 32.1 Å². The van der Waals surface area contributed by atoms with E-state index in [-0.39, 0.29) is 11.8 Å². The Hall–Kier alpha value is -1.35. The Kier molecular flexibility index (Phi) is 3.08. The third-order valence-corrected chi connectivity index (χ3v) is 3.89. The predicted octanol–water partition coefficient (Wildman–Crippen LogP) is 3.62. The molecule has 1 saturated carbocycles. The van der Waals surface area contributed by atoms with Gasteiger partial charge in [0.1, 0.15) is 0 Å². The van der Waals surface area contributed by atoms with Crippen LogP contribution in [0.4, 0.5) is 5.69 Å². The molecular weight excluding hydrogens is 248 g/mol. The Bertz CT molecular complexity index is 495. The number of hydrogen-bond donors (Lipinski definition) is 0. The molecule has 3 rings (SSSR count). The highest BCUT2D eigenvalue weighted by Crippen LogP contribution is 2.31. The maximum absolute atomic E-state index is 12.4. The topological polar surface area (TPSA) is 32.7 Å². The van der Waals surface area contributed by atoms with Crippen molar-refractivity contribution in [1.29, 1.82) is 0 Å². The van der Waals surface area contributed by atoms with E-state index >= 15 is 0 Å². The third kappa shape index (κ3) is 2.03. The lowest BCUT2D eigenvalue weighted by atomic mass is 9.98. The molecule has 1 aromatic carbocycles. The van der Waals surface area contributed by atoms with Gasteiger partial charge in [0.05, 0.1) is 17.3 Å². The lowest BCUT2D eigenvalue weighted by Gasteiger charge is -2.13. The van der Waals surface area contributed by atoms with Crippen molar-refractivity contribution in [3.63, 3.8) is 0 Å². The smallest absolute Gasteiger partial charge is 0.256 e. The number of hydrogen-bond acceptors (Lipinski definition) is 2. The van der Waals surface area contributed by atoms with Gasteiger partial charge in [0, 0.05) is 5.02 Å². The minimum Gasteiger partial charge on any atom is -0.272 e. The summed E-state index contributed by atoms with van der Waals surface area (Å²) in [5.41, 5.74) is 1.87. The van der Waals surface area contributed by atoms with Gasteiger partial charge >= 0.3 is 0 Å². The molecule has 2 aliphatic rings. The molecule has 0 spiro atoms. The van der Waals surface area contributed by atoms with Crippen LogP contribution in [0, 0.1) is 5.92 Å². The maximum atomic E-state index is 12.4. The molecule has 1 fully saturated rings. The Balaban J connectivity index is 1.90. The van der Waals surface area contributed by atoms with Crippen LogP contribution in [0.15, 0.2) is 29.4 Å². The number of amides is 1. The van der Waals surface area contributed by atoms with Crippen molar-refractivity contribution in [2.45, 2.75) is 32.1 Å². The van der Waals surface area contributed by atoms with Gasteiger partial charge in [-0.3, -0.25) is 4.79 Å². The van der Waals surface area contributed by atoms with Crippen LogP contribution in [-0.4, -0.2) is 11.6 Å². The average molecular weight is 263 g/mol. The summed E-state index contributed by atoms with van der Waals surface area (Å²) in [6.07, 6.45) is 5.40. The SMILES string of the molecule is O=C1C2CCCCCC2=NN1c1ccc(Cl)cc1. The van der Waals surface area contributed by atoms with Gasteiger partial charge in [-0.1, -0.05) is 24.4 Å². The fourth-order valence-corrected chi connectivity index (χ4v) is 2.78. The van der Waals surface area contributed by atoms with E-state index in [1.807, 2.05) is 12.1 Å². The van der Waals surface area contributed by atoms with Crippen LogP contribution in [0.3, 0.4) is 0 Å². The van der Waals surface area contributed by atoms with E-state index in [0.717, 1.165) is 37.1 Å². The quantitative estimate of drug-likeness (QED) is 0.761. The maximum Gasteiger partial charge on any atom is 0.256 e. The number of carbonyl (C=O) groups is 1. The third-order valence-electron chi connectivity index (χ3n) is 3.63. The molecule has 0 bridgehead atoms. The molecular formula is C14H15ClN2O. The van der Waals surface area contributed by atoms with Gasteiger partial charge in [0.25, 0.3) is 5.91 Å². The first kappa shape index (κ1) is 11.7. The summed E-state index contributed by atoms with van der Waals surface area (Å²) in [6.45, 7) is 0. The van der Waals surface area contributed by atoms with Gasteiger partial charge < -0.3 is 0 Å². The highest BCUT2D eigenvalue weighted by molar-refractivity contribution is 6.30. The van der Waals surface area contributed by atoms with Gasteiger partial charge in [0.15, 0.2) is 0 Å². The summed E-state index contributed by atoms with van der Waals surface area (Å²) in [6, 6.07) is 7.27. The Morgan fingerprint density at radius 3 is 2.72 bits per heavy atom. The molecule has 1 heterocycles. The number of anilines is 1. The minimum atomic E-state index is 0.0168. The van der Waals surface area contributed by atoms with Crippen LogP contribution in [-0.2, 0) is 4.79 Å². The van der Waals surface area contributed by atoms with Gasteiger partial charge in [-0.2, -0.15) is 5.10 Å². The minimum absolute atomic E-state index is 0.0168. The fourth-order valence-electron chi connectivity index (χ4n) is 2.65. The van der Waals surface area contributed by atoms with Crippen LogP contribution in [0.25, 0.3) is 0 Å². The molecule has 1 aliphatic carbocycles. The lowest BCUT2D eigenvalue weighted by Crippen LogP contribution is -2.26. The molecule has 0 saturated heterocycles. The average Bonchev–Trinajstić information content (AvgIpc) is 2.57.